The molecular formula is C8H13NO2. The molecule has 1 aromatic heterocycles. The Morgan fingerprint density at radius 1 is 1.55 bits per heavy atom. The average Bonchev–Trinajstić information content (AvgIpc) is 2.52. The second-order valence-electron chi connectivity index (χ2n) is 2.53. The SMILES string of the molecule is OCCCC(O)c1cc[nH]c1. The van der Waals surface area contributed by atoms with Gasteiger partial charge in [-0.25, -0.2) is 0 Å². The van der Waals surface area contributed by atoms with Crippen molar-refractivity contribution in [2.24, 2.45) is 0 Å². The molecule has 3 N–H and O–H groups in total. The number of H-pyrrole nitrogens is 1. The van der Waals surface area contributed by atoms with Gasteiger partial charge in [-0.3, -0.25) is 0 Å². The van der Waals surface area contributed by atoms with Gasteiger partial charge in [0.1, 0.15) is 0 Å². The van der Waals surface area contributed by atoms with E-state index in [2.05, 4.69) is 4.98 Å². The standard InChI is InChI=1S/C8H13NO2/c10-5-1-2-8(11)7-3-4-9-6-7/h3-4,6,8-11H,1-2,5H2. The summed E-state index contributed by atoms with van der Waals surface area (Å²) >= 11 is 0. The summed E-state index contributed by atoms with van der Waals surface area (Å²) in [6.45, 7) is 0.140. The van der Waals surface area contributed by atoms with Gasteiger partial charge in [-0.1, -0.05) is 0 Å². The van der Waals surface area contributed by atoms with Crippen molar-refractivity contribution >= 4 is 0 Å². The lowest BCUT2D eigenvalue weighted by Gasteiger charge is -2.05. The summed E-state index contributed by atoms with van der Waals surface area (Å²) < 4.78 is 0. The molecular weight excluding hydrogens is 142 g/mol. The number of aliphatic hydroxyl groups excluding tert-OH is 2. The Kier molecular flexibility index (Phi) is 3.14. The average molecular weight is 155 g/mol. The fourth-order valence-corrected chi connectivity index (χ4v) is 0.995. The van der Waals surface area contributed by atoms with Crippen LogP contribution >= 0.6 is 0 Å². The molecule has 1 unspecified atom stereocenters. The Hall–Kier alpha value is -0.800. The van der Waals surface area contributed by atoms with Crippen molar-refractivity contribution in [1.82, 2.24) is 4.98 Å². The molecule has 0 amide bonds. The highest BCUT2D eigenvalue weighted by atomic mass is 16.3. The van der Waals surface area contributed by atoms with Gasteiger partial charge in [0.25, 0.3) is 0 Å². The van der Waals surface area contributed by atoms with Crippen LogP contribution < -0.4 is 0 Å². The first-order valence-electron chi connectivity index (χ1n) is 3.76. The fourth-order valence-electron chi connectivity index (χ4n) is 0.995. The van der Waals surface area contributed by atoms with Gasteiger partial charge in [0.15, 0.2) is 0 Å². The quantitative estimate of drug-likeness (QED) is 0.603. The van der Waals surface area contributed by atoms with E-state index in [1.54, 1.807) is 12.4 Å². The highest BCUT2D eigenvalue weighted by molar-refractivity contribution is 5.11. The molecule has 11 heavy (non-hydrogen) atoms. The molecule has 1 aromatic rings. The molecule has 1 atom stereocenters. The van der Waals surface area contributed by atoms with Crippen LogP contribution in [0, 0.1) is 0 Å². The molecule has 3 heteroatoms. The minimum atomic E-state index is -0.437. The third kappa shape index (κ3) is 2.37. The molecule has 0 aliphatic rings. The van der Waals surface area contributed by atoms with E-state index in [0.29, 0.717) is 12.8 Å². The maximum atomic E-state index is 9.41. The van der Waals surface area contributed by atoms with E-state index < -0.39 is 6.10 Å². The Labute approximate surface area is 65.7 Å². The van der Waals surface area contributed by atoms with Gasteiger partial charge in [-0.2, -0.15) is 0 Å². The van der Waals surface area contributed by atoms with Crippen LogP contribution in [0.25, 0.3) is 0 Å². The van der Waals surface area contributed by atoms with E-state index in [0.717, 1.165) is 5.56 Å². The van der Waals surface area contributed by atoms with E-state index in [4.69, 9.17) is 5.11 Å². The van der Waals surface area contributed by atoms with Gasteiger partial charge >= 0.3 is 0 Å². The van der Waals surface area contributed by atoms with Gasteiger partial charge in [-0.15, -0.1) is 0 Å². The van der Waals surface area contributed by atoms with Gasteiger partial charge in [-0.05, 0) is 24.5 Å². The van der Waals surface area contributed by atoms with Crippen LogP contribution in [0.3, 0.4) is 0 Å². The minimum absolute atomic E-state index is 0.140. The predicted molar refractivity (Wildman–Crippen MR) is 42.1 cm³/mol. The molecule has 0 spiro atoms. The molecule has 0 bridgehead atoms. The fraction of sp³-hybridized carbons (Fsp3) is 0.500. The monoisotopic (exact) mass is 155 g/mol. The van der Waals surface area contributed by atoms with E-state index in [9.17, 15) is 5.11 Å². The molecule has 3 nitrogen and oxygen atoms in total. The molecule has 62 valence electrons. The van der Waals surface area contributed by atoms with Gasteiger partial charge in [0.05, 0.1) is 6.10 Å². The molecule has 1 rings (SSSR count). The minimum Gasteiger partial charge on any atom is -0.396 e. The largest absolute Gasteiger partial charge is 0.396 e. The number of hydrogen-bond acceptors (Lipinski definition) is 2. The van der Waals surface area contributed by atoms with Crippen molar-refractivity contribution in [2.45, 2.75) is 18.9 Å². The van der Waals surface area contributed by atoms with E-state index in [1.165, 1.54) is 0 Å². The Morgan fingerprint density at radius 2 is 2.36 bits per heavy atom. The Morgan fingerprint density at radius 3 is 2.91 bits per heavy atom. The van der Waals surface area contributed by atoms with Crippen LogP contribution in [0.2, 0.25) is 0 Å². The highest BCUT2D eigenvalue weighted by Gasteiger charge is 2.05. The van der Waals surface area contributed by atoms with Crippen molar-refractivity contribution in [3.05, 3.63) is 24.0 Å². The first kappa shape index (κ1) is 8.30. The van der Waals surface area contributed by atoms with Gasteiger partial charge < -0.3 is 15.2 Å². The number of aromatic nitrogens is 1. The van der Waals surface area contributed by atoms with Crippen LogP contribution in [0.4, 0.5) is 0 Å². The number of aromatic amines is 1. The smallest absolute Gasteiger partial charge is 0.0805 e. The zero-order chi connectivity index (χ0) is 8.10. The summed E-state index contributed by atoms with van der Waals surface area (Å²) in [6, 6.07) is 1.84. The number of nitrogens with one attached hydrogen (secondary N) is 1. The molecule has 0 radical (unpaired) electrons. The zero-order valence-electron chi connectivity index (χ0n) is 6.33. The van der Waals surface area contributed by atoms with E-state index in [1.807, 2.05) is 6.07 Å². The van der Waals surface area contributed by atoms with Crippen molar-refractivity contribution in [3.8, 4) is 0 Å². The first-order chi connectivity index (χ1) is 5.34. The van der Waals surface area contributed by atoms with Crippen molar-refractivity contribution in [1.29, 1.82) is 0 Å². The summed E-state index contributed by atoms with van der Waals surface area (Å²) in [5.74, 6) is 0. The van der Waals surface area contributed by atoms with Crippen LogP contribution in [-0.4, -0.2) is 21.8 Å². The van der Waals surface area contributed by atoms with Gasteiger partial charge in [0, 0.05) is 19.0 Å². The van der Waals surface area contributed by atoms with Crippen LogP contribution in [0.5, 0.6) is 0 Å². The van der Waals surface area contributed by atoms with E-state index >= 15 is 0 Å². The second-order valence-corrected chi connectivity index (χ2v) is 2.53. The molecule has 1 heterocycles. The zero-order valence-corrected chi connectivity index (χ0v) is 6.33. The molecule has 0 saturated carbocycles. The Bertz CT molecular complexity index is 184. The maximum absolute atomic E-state index is 9.41. The third-order valence-electron chi connectivity index (χ3n) is 1.64. The first-order valence-corrected chi connectivity index (χ1v) is 3.76. The topological polar surface area (TPSA) is 56.2 Å². The molecule has 0 saturated heterocycles. The van der Waals surface area contributed by atoms with Crippen LogP contribution in [0.15, 0.2) is 18.5 Å². The normalized spacial score (nSPS) is 13.3. The lowest BCUT2D eigenvalue weighted by Crippen LogP contribution is -1.96. The summed E-state index contributed by atoms with van der Waals surface area (Å²) in [4.78, 5) is 2.86. The van der Waals surface area contributed by atoms with Crippen molar-refractivity contribution in [3.63, 3.8) is 0 Å². The third-order valence-corrected chi connectivity index (χ3v) is 1.64. The summed E-state index contributed by atoms with van der Waals surface area (Å²) in [5, 5.41) is 17.9. The Balaban J connectivity index is 2.36. The van der Waals surface area contributed by atoms with Gasteiger partial charge in [0.2, 0.25) is 0 Å². The highest BCUT2D eigenvalue weighted by Crippen LogP contribution is 2.16. The molecule has 0 fully saturated rings. The number of rotatable bonds is 4. The lowest BCUT2D eigenvalue weighted by atomic mass is 10.1. The lowest BCUT2D eigenvalue weighted by molar-refractivity contribution is 0.152. The number of aliphatic hydroxyl groups is 2. The predicted octanol–water partition coefficient (Wildman–Crippen LogP) is 0.821. The molecule has 0 aliphatic heterocycles. The van der Waals surface area contributed by atoms with Crippen LogP contribution in [0.1, 0.15) is 24.5 Å². The number of hydrogen-bond donors (Lipinski definition) is 3. The summed E-state index contributed by atoms with van der Waals surface area (Å²) in [6.07, 6.45) is 4.37. The van der Waals surface area contributed by atoms with Crippen LogP contribution in [-0.2, 0) is 0 Å². The second kappa shape index (κ2) is 4.16. The van der Waals surface area contributed by atoms with E-state index in [-0.39, 0.29) is 6.61 Å². The molecule has 0 aromatic carbocycles. The summed E-state index contributed by atoms with van der Waals surface area (Å²) in [7, 11) is 0. The van der Waals surface area contributed by atoms with Crippen molar-refractivity contribution in [2.75, 3.05) is 6.61 Å². The summed E-state index contributed by atoms with van der Waals surface area (Å²) in [5.41, 5.74) is 0.887. The maximum Gasteiger partial charge on any atom is 0.0805 e. The van der Waals surface area contributed by atoms with Crippen molar-refractivity contribution < 1.29 is 10.2 Å². The molecule has 0 aliphatic carbocycles.